The summed E-state index contributed by atoms with van der Waals surface area (Å²) >= 11 is 0. The molecule has 0 bridgehead atoms. The molecule has 0 atom stereocenters. The minimum absolute atomic E-state index is 0. The van der Waals surface area contributed by atoms with Crippen molar-refractivity contribution < 1.29 is 39.5 Å². The fraction of sp³-hybridized carbons (Fsp3) is 0.333. The Kier molecular flexibility index (Phi) is 8.16. The second-order valence-corrected chi connectivity index (χ2v) is 3.28. The number of hydrogen-bond acceptors (Lipinski definition) is 3. The number of rotatable bonds is 5. The first-order valence-electron chi connectivity index (χ1n) is 4.98. The van der Waals surface area contributed by atoms with Crippen LogP contribution < -0.4 is 34.7 Å². The Bertz CT molecular complexity index is 364. The number of carboxylic acid groups (broad SMARTS) is 1. The number of allylic oxidation sites excluding steroid dienone is 2. The number of pyridine rings is 1. The van der Waals surface area contributed by atoms with E-state index in [1.54, 1.807) is 6.07 Å². The van der Waals surface area contributed by atoms with Crippen molar-refractivity contribution in [3.63, 3.8) is 0 Å². The van der Waals surface area contributed by atoms with Crippen LogP contribution in [0.3, 0.4) is 0 Å². The summed E-state index contributed by atoms with van der Waals surface area (Å²) in [7, 11) is 0. The molecule has 0 unspecified atom stereocenters. The van der Waals surface area contributed by atoms with Gasteiger partial charge in [-0.05, 0) is 31.9 Å². The van der Waals surface area contributed by atoms with Crippen LogP contribution in [-0.4, -0.2) is 11.0 Å². The smallest absolute Gasteiger partial charge is 0.550 e. The Labute approximate surface area is 118 Å². The van der Waals surface area contributed by atoms with Gasteiger partial charge < -0.3 is 9.90 Å². The van der Waals surface area contributed by atoms with Crippen molar-refractivity contribution in [1.82, 2.24) is 4.98 Å². The molecular weight excluding hydrogens is 213 g/mol. The molecule has 0 saturated heterocycles. The number of aryl methyl sites for hydroxylation is 1. The van der Waals surface area contributed by atoms with Gasteiger partial charge in [0.1, 0.15) is 0 Å². The fourth-order valence-corrected chi connectivity index (χ4v) is 1.31. The van der Waals surface area contributed by atoms with E-state index in [4.69, 9.17) is 0 Å². The largest absolute Gasteiger partial charge is 1.00 e. The molecule has 0 aliphatic rings. The first-order valence-corrected chi connectivity index (χ1v) is 4.98. The van der Waals surface area contributed by atoms with E-state index in [0.717, 1.165) is 18.5 Å². The zero-order valence-corrected chi connectivity index (χ0v) is 11.8. The van der Waals surface area contributed by atoms with Crippen LogP contribution in [0, 0.1) is 0 Å². The van der Waals surface area contributed by atoms with Crippen LogP contribution in [0.15, 0.2) is 30.4 Å². The molecular formula is C12H14NNaO2. The van der Waals surface area contributed by atoms with Gasteiger partial charge in [0.25, 0.3) is 0 Å². The zero-order valence-electron chi connectivity index (χ0n) is 9.77. The Morgan fingerprint density at radius 3 is 2.75 bits per heavy atom. The van der Waals surface area contributed by atoms with Crippen LogP contribution in [0.1, 0.15) is 24.7 Å². The van der Waals surface area contributed by atoms with Gasteiger partial charge in [-0.1, -0.05) is 18.2 Å². The molecule has 1 aromatic heterocycles. The standard InChI is InChI=1S/C12H15NO2.Na/c1-2-3-4-6-10-7-5-8-11(13-10)9-12(14)15;/h2-3,5,7-8H,4,6,9H2,1H3,(H,14,15);/q;+1/p-1/b3-2+;. The van der Waals surface area contributed by atoms with Crippen molar-refractivity contribution in [2.45, 2.75) is 26.2 Å². The Hall–Kier alpha value is -0.640. The monoisotopic (exact) mass is 227 g/mol. The Morgan fingerprint density at radius 2 is 2.12 bits per heavy atom. The summed E-state index contributed by atoms with van der Waals surface area (Å²) in [4.78, 5) is 14.6. The summed E-state index contributed by atoms with van der Waals surface area (Å²) < 4.78 is 0. The second-order valence-electron chi connectivity index (χ2n) is 3.28. The summed E-state index contributed by atoms with van der Waals surface area (Å²) in [5.74, 6) is -1.09. The van der Waals surface area contributed by atoms with Crippen molar-refractivity contribution in [2.75, 3.05) is 0 Å². The average molecular weight is 227 g/mol. The molecule has 0 spiro atoms. The number of carbonyl (C=O) groups is 1. The van der Waals surface area contributed by atoms with Crippen LogP contribution in [0.25, 0.3) is 0 Å². The molecule has 0 N–H and O–H groups in total. The molecule has 1 rings (SSSR count). The quantitative estimate of drug-likeness (QED) is 0.427. The molecule has 3 nitrogen and oxygen atoms in total. The second kappa shape index (κ2) is 8.50. The van der Waals surface area contributed by atoms with Crippen molar-refractivity contribution in [3.05, 3.63) is 41.7 Å². The van der Waals surface area contributed by atoms with E-state index >= 15 is 0 Å². The number of aromatic nitrogens is 1. The predicted molar refractivity (Wildman–Crippen MR) is 56.1 cm³/mol. The number of hydrogen-bond donors (Lipinski definition) is 0. The van der Waals surface area contributed by atoms with E-state index in [1.165, 1.54) is 0 Å². The normalized spacial score (nSPS) is 10.1. The first-order chi connectivity index (χ1) is 7.22. The SMILES string of the molecule is C/C=C/CCc1cccc(CC(=O)[O-])n1.[Na+]. The maximum Gasteiger partial charge on any atom is 1.00 e. The topological polar surface area (TPSA) is 53.0 Å². The van der Waals surface area contributed by atoms with Crippen molar-refractivity contribution in [1.29, 1.82) is 0 Å². The minimum atomic E-state index is -1.09. The molecule has 0 aliphatic carbocycles. The molecule has 0 radical (unpaired) electrons. The van der Waals surface area contributed by atoms with Crippen molar-refractivity contribution >= 4 is 5.97 Å². The molecule has 0 fully saturated rings. The Balaban J connectivity index is 0.00000225. The van der Waals surface area contributed by atoms with Gasteiger partial charge in [-0.15, -0.1) is 0 Å². The maximum atomic E-state index is 10.4. The van der Waals surface area contributed by atoms with Crippen molar-refractivity contribution in [2.24, 2.45) is 0 Å². The van der Waals surface area contributed by atoms with Crippen LogP contribution in [-0.2, 0) is 17.6 Å². The van der Waals surface area contributed by atoms with Crippen LogP contribution >= 0.6 is 0 Å². The summed E-state index contributed by atoms with van der Waals surface area (Å²) in [5, 5.41) is 10.4. The van der Waals surface area contributed by atoms with Crippen molar-refractivity contribution in [3.8, 4) is 0 Å². The maximum absolute atomic E-state index is 10.4. The number of carbonyl (C=O) groups excluding carboxylic acids is 1. The fourth-order valence-electron chi connectivity index (χ4n) is 1.31. The third-order valence-electron chi connectivity index (χ3n) is 1.99. The summed E-state index contributed by atoms with van der Waals surface area (Å²) in [6, 6.07) is 5.44. The van der Waals surface area contributed by atoms with Crippen LogP contribution in [0.2, 0.25) is 0 Å². The molecule has 80 valence electrons. The van der Waals surface area contributed by atoms with E-state index in [1.807, 2.05) is 25.1 Å². The third-order valence-corrected chi connectivity index (χ3v) is 1.99. The molecule has 1 aromatic rings. The van der Waals surface area contributed by atoms with Gasteiger partial charge in [0.05, 0.1) is 0 Å². The van der Waals surface area contributed by atoms with E-state index in [2.05, 4.69) is 11.1 Å². The van der Waals surface area contributed by atoms with E-state index in [9.17, 15) is 9.90 Å². The summed E-state index contributed by atoms with van der Waals surface area (Å²) in [6.45, 7) is 1.97. The van der Waals surface area contributed by atoms with Gasteiger partial charge in [-0.2, -0.15) is 0 Å². The van der Waals surface area contributed by atoms with E-state index < -0.39 is 5.97 Å². The van der Waals surface area contributed by atoms with Gasteiger partial charge in [0.2, 0.25) is 0 Å². The summed E-state index contributed by atoms with van der Waals surface area (Å²) in [5.41, 5.74) is 1.49. The number of carboxylic acids is 1. The first kappa shape index (κ1) is 15.4. The van der Waals surface area contributed by atoms with Gasteiger partial charge >= 0.3 is 29.6 Å². The Morgan fingerprint density at radius 1 is 1.44 bits per heavy atom. The molecule has 0 aliphatic heterocycles. The molecule has 0 saturated carbocycles. The van der Waals surface area contributed by atoms with Crippen LogP contribution in [0.5, 0.6) is 0 Å². The number of nitrogens with zero attached hydrogens (tertiary/aromatic N) is 1. The van der Waals surface area contributed by atoms with Gasteiger partial charge in [-0.3, -0.25) is 4.98 Å². The van der Waals surface area contributed by atoms with Gasteiger partial charge in [0.15, 0.2) is 0 Å². The molecule has 1 heterocycles. The molecule has 0 amide bonds. The minimum Gasteiger partial charge on any atom is -0.550 e. The van der Waals surface area contributed by atoms with Crippen LogP contribution in [0.4, 0.5) is 0 Å². The molecule has 16 heavy (non-hydrogen) atoms. The number of aliphatic carboxylic acids is 1. The summed E-state index contributed by atoms with van der Waals surface area (Å²) in [6.07, 6.45) is 5.71. The predicted octanol–water partition coefficient (Wildman–Crippen LogP) is -2.11. The van der Waals surface area contributed by atoms with E-state index in [-0.39, 0.29) is 36.0 Å². The van der Waals surface area contributed by atoms with Gasteiger partial charge in [0, 0.05) is 23.8 Å². The average Bonchev–Trinajstić information content (AvgIpc) is 2.18. The van der Waals surface area contributed by atoms with Gasteiger partial charge in [-0.25, -0.2) is 0 Å². The van der Waals surface area contributed by atoms with E-state index in [0.29, 0.717) is 5.69 Å². The molecule has 0 aromatic carbocycles. The molecule has 4 heteroatoms. The third kappa shape index (κ3) is 6.05. The zero-order chi connectivity index (χ0) is 11.1.